The van der Waals surface area contributed by atoms with Crippen LogP contribution in [0, 0.1) is 19.3 Å². The first-order chi connectivity index (χ1) is 13.3. The van der Waals surface area contributed by atoms with Gasteiger partial charge in [0.15, 0.2) is 0 Å². The Morgan fingerprint density at radius 3 is 2.36 bits per heavy atom. The van der Waals surface area contributed by atoms with E-state index >= 15 is 0 Å². The van der Waals surface area contributed by atoms with Crippen LogP contribution in [0.1, 0.15) is 33.9 Å². The molecule has 3 rings (SSSR count). The predicted octanol–water partition coefficient (Wildman–Crippen LogP) is 1.74. The zero-order valence-corrected chi connectivity index (χ0v) is 16.2. The SMILES string of the molecule is C#Cc1ccc(Cc2cc(C3OC(CO)C(O)C(O)C3O)c(C)cc2Cl)cc1. The minimum atomic E-state index is -1.43. The van der Waals surface area contributed by atoms with E-state index in [-0.39, 0.29) is 0 Å². The Balaban J connectivity index is 1.93. The van der Waals surface area contributed by atoms with Crippen molar-refractivity contribution in [3.63, 3.8) is 0 Å². The van der Waals surface area contributed by atoms with Crippen molar-refractivity contribution in [2.45, 2.75) is 43.9 Å². The second-order valence-electron chi connectivity index (χ2n) is 7.07. The molecular weight excluding hydrogens is 380 g/mol. The summed E-state index contributed by atoms with van der Waals surface area (Å²) < 4.78 is 5.70. The number of aryl methyl sites for hydroxylation is 1. The fourth-order valence-corrected chi connectivity index (χ4v) is 3.76. The molecule has 0 saturated carbocycles. The summed E-state index contributed by atoms with van der Waals surface area (Å²) >= 11 is 6.43. The van der Waals surface area contributed by atoms with Gasteiger partial charge in [-0.3, -0.25) is 0 Å². The van der Waals surface area contributed by atoms with E-state index in [0.717, 1.165) is 22.3 Å². The number of aliphatic hydroxyl groups excluding tert-OH is 4. The quantitative estimate of drug-likeness (QED) is 0.585. The van der Waals surface area contributed by atoms with Crippen molar-refractivity contribution in [1.82, 2.24) is 0 Å². The van der Waals surface area contributed by atoms with Gasteiger partial charge in [0, 0.05) is 10.6 Å². The molecule has 6 heteroatoms. The fourth-order valence-electron chi connectivity index (χ4n) is 3.48. The van der Waals surface area contributed by atoms with Crippen LogP contribution in [-0.4, -0.2) is 51.4 Å². The lowest BCUT2D eigenvalue weighted by atomic mass is 9.88. The summed E-state index contributed by atoms with van der Waals surface area (Å²) in [7, 11) is 0. The van der Waals surface area contributed by atoms with E-state index in [0.29, 0.717) is 17.0 Å². The molecule has 5 nitrogen and oxygen atoms in total. The van der Waals surface area contributed by atoms with Crippen LogP contribution in [0.2, 0.25) is 5.02 Å². The lowest BCUT2D eigenvalue weighted by molar-refractivity contribution is -0.231. The lowest BCUT2D eigenvalue weighted by Crippen LogP contribution is -2.55. The molecule has 1 saturated heterocycles. The van der Waals surface area contributed by atoms with E-state index in [1.54, 1.807) is 6.07 Å². The topological polar surface area (TPSA) is 90.2 Å². The standard InChI is InChI=1S/C22H23ClO5/c1-3-13-4-6-14(7-5-13)9-15-10-16(12(2)8-17(15)23)22-21(27)20(26)19(25)18(11-24)28-22/h1,4-8,10,18-22,24-27H,9,11H2,2H3. The normalized spacial score (nSPS) is 27.4. The average molecular weight is 403 g/mol. The van der Waals surface area contributed by atoms with Crippen LogP contribution in [0.3, 0.4) is 0 Å². The third-order valence-corrected chi connectivity index (χ3v) is 5.50. The molecule has 28 heavy (non-hydrogen) atoms. The zero-order valence-electron chi connectivity index (χ0n) is 15.4. The second kappa shape index (κ2) is 8.62. The number of hydrogen-bond donors (Lipinski definition) is 4. The minimum absolute atomic E-state index is 0.470. The van der Waals surface area contributed by atoms with Crippen molar-refractivity contribution in [3.8, 4) is 12.3 Å². The monoisotopic (exact) mass is 402 g/mol. The third-order valence-electron chi connectivity index (χ3n) is 5.15. The lowest BCUT2D eigenvalue weighted by Gasteiger charge is -2.40. The molecule has 0 aromatic heterocycles. The molecule has 148 valence electrons. The number of benzene rings is 2. The van der Waals surface area contributed by atoms with Gasteiger partial charge >= 0.3 is 0 Å². The molecule has 2 aromatic rings. The highest BCUT2D eigenvalue weighted by atomic mass is 35.5. The van der Waals surface area contributed by atoms with Gasteiger partial charge in [-0.2, -0.15) is 0 Å². The van der Waals surface area contributed by atoms with Crippen molar-refractivity contribution in [1.29, 1.82) is 0 Å². The van der Waals surface area contributed by atoms with Gasteiger partial charge in [0.25, 0.3) is 0 Å². The molecule has 5 unspecified atom stereocenters. The minimum Gasteiger partial charge on any atom is -0.394 e. The number of aliphatic hydroxyl groups is 4. The fraction of sp³-hybridized carbons (Fsp3) is 0.364. The molecule has 1 aliphatic heterocycles. The van der Waals surface area contributed by atoms with Crippen LogP contribution in [0.5, 0.6) is 0 Å². The second-order valence-corrected chi connectivity index (χ2v) is 7.47. The predicted molar refractivity (Wildman–Crippen MR) is 106 cm³/mol. The summed E-state index contributed by atoms with van der Waals surface area (Å²) in [6.45, 7) is 1.36. The third kappa shape index (κ3) is 4.08. The summed E-state index contributed by atoms with van der Waals surface area (Å²) in [5.41, 5.74) is 4.07. The average Bonchev–Trinajstić information content (AvgIpc) is 2.69. The Kier molecular flexibility index (Phi) is 6.41. The molecule has 0 spiro atoms. The first-order valence-corrected chi connectivity index (χ1v) is 9.38. The van der Waals surface area contributed by atoms with Crippen LogP contribution in [0.25, 0.3) is 0 Å². The van der Waals surface area contributed by atoms with Crippen molar-refractivity contribution in [2.24, 2.45) is 0 Å². The van der Waals surface area contributed by atoms with Crippen LogP contribution in [0.15, 0.2) is 36.4 Å². The van der Waals surface area contributed by atoms with E-state index in [1.807, 2.05) is 37.3 Å². The van der Waals surface area contributed by atoms with Gasteiger partial charge in [-0.25, -0.2) is 0 Å². The molecular formula is C22H23ClO5. The van der Waals surface area contributed by atoms with Crippen LogP contribution >= 0.6 is 11.6 Å². The number of ether oxygens (including phenoxy) is 1. The maximum absolute atomic E-state index is 10.4. The molecule has 1 aliphatic rings. The molecule has 1 fully saturated rings. The maximum atomic E-state index is 10.4. The van der Waals surface area contributed by atoms with Crippen molar-refractivity contribution in [2.75, 3.05) is 6.61 Å². The van der Waals surface area contributed by atoms with Crippen LogP contribution < -0.4 is 0 Å². The highest BCUT2D eigenvalue weighted by molar-refractivity contribution is 6.31. The number of hydrogen-bond acceptors (Lipinski definition) is 5. The molecule has 1 heterocycles. The maximum Gasteiger partial charge on any atom is 0.113 e. The Hall–Kier alpha value is -1.91. The first-order valence-electron chi connectivity index (χ1n) is 9.00. The summed E-state index contributed by atoms with van der Waals surface area (Å²) in [6, 6.07) is 11.2. The Bertz CT molecular complexity index is 872. The molecule has 0 bridgehead atoms. The number of terminal acetylenes is 1. The Morgan fingerprint density at radius 1 is 1.07 bits per heavy atom. The number of halogens is 1. The first kappa shape index (κ1) is 20.8. The van der Waals surface area contributed by atoms with E-state index in [2.05, 4.69) is 5.92 Å². The summed E-state index contributed by atoms with van der Waals surface area (Å²) in [6.07, 6.45) is -0.0645. The molecule has 2 aromatic carbocycles. The Labute approximate surface area is 169 Å². The van der Waals surface area contributed by atoms with Gasteiger partial charge in [-0.15, -0.1) is 6.42 Å². The van der Waals surface area contributed by atoms with E-state index in [1.165, 1.54) is 0 Å². The highest BCUT2D eigenvalue weighted by Gasteiger charge is 2.44. The molecule has 0 radical (unpaired) electrons. The van der Waals surface area contributed by atoms with Gasteiger partial charge in [-0.1, -0.05) is 35.7 Å². The summed E-state index contributed by atoms with van der Waals surface area (Å²) in [5.74, 6) is 2.58. The smallest absolute Gasteiger partial charge is 0.113 e. The molecule has 0 aliphatic carbocycles. The van der Waals surface area contributed by atoms with Crippen molar-refractivity contribution >= 4 is 11.6 Å². The zero-order chi connectivity index (χ0) is 20.4. The van der Waals surface area contributed by atoms with E-state index in [9.17, 15) is 20.4 Å². The summed E-state index contributed by atoms with van der Waals surface area (Å²) in [4.78, 5) is 0. The van der Waals surface area contributed by atoms with Crippen LogP contribution in [-0.2, 0) is 11.2 Å². The van der Waals surface area contributed by atoms with Gasteiger partial charge in [0.2, 0.25) is 0 Å². The van der Waals surface area contributed by atoms with Gasteiger partial charge in [-0.05, 0) is 53.8 Å². The Morgan fingerprint density at radius 2 is 1.75 bits per heavy atom. The highest BCUT2D eigenvalue weighted by Crippen LogP contribution is 2.36. The number of rotatable bonds is 4. The largest absolute Gasteiger partial charge is 0.394 e. The molecule has 0 amide bonds. The van der Waals surface area contributed by atoms with E-state index in [4.69, 9.17) is 22.8 Å². The van der Waals surface area contributed by atoms with Gasteiger partial charge in [0.1, 0.15) is 30.5 Å². The molecule has 4 N–H and O–H groups in total. The summed E-state index contributed by atoms with van der Waals surface area (Å²) in [5, 5.41) is 40.5. The van der Waals surface area contributed by atoms with Crippen LogP contribution in [0.4, 0.5) is 0 Å². The van der Waals surface area contributed by atoms with Gasteiger partial charge in [0.05, 0.1) is 6.61 Å². The van der Waals surface area contributed by atoms with Crippen molar-refractivity contribution in [3.05, 3.63) is 69.2 Å². The van der Waals surface area contributed by atoms with E-state index < -0.39 is 37.1 Å². The molecule has 5 atom stereocenters. The van der Waals surface area contributed by atoms with Gasteiger partial charge < -0.3 is 25.2 Å². The van der Waals surface area contributed by atoms with Crippen molar-refractivity contribution < 1.29 is 25.2 Å².